The third-order valence-electron chi connectivity index (χ3n) is 3.89. The van der Waals surface area contributed by atoms with Crippen molar-refractivity contribution in [2.24, 2.45) is 0 Å². The lowest BCUT2D eigenvalue weighted by Gasteiger charge is -2.29. The Morgan fingerprint density at radius 3 is 2.27 bits per heavy atom. The number of anilines is 2. The zero-order valence-corrected chi connectivity index (χ0v) is 15.3. The number of rotatable bonds is 4. The van der Waals surface area contributed by atoms with Crippen molar-refractivity contribution < 1.29 is 18.4 Å². The van der Waals surface area contributed by atoms with Crippen LogP contribution in [0, 0.1) is 11.6 Å². The Kier molecular flexibility index (Phi) is 5.75. The van der Waals surface area contributed by atoms with Crippen LogP contribution in [-0.4, -0.2) is 18.4 Å². The topological polar surface area (TPSA) is 49.4 Å². The van der Waals surface area contributed by atoms with Crippen LogP contribution in [0.2, 0.25) is 0 Å². The molecular formula is C20H22F2N2O2. The smallest absolute Gasteiger partial charge is 0.244 e. The van der Waals surface area contributed by atoms with Crippen LogP contribution in [0.4, 0.5) is 20.2 Å². The fraction of sp³-hybridized carbons (Fsp3) is 0.300. The van der Waals surface area contributed by atoms with Gasteiger partial charge in [-0.3, -0.25) is 9.59 Å². The normalized spacial score (nSPS) is 11.2. The van der Waals surface area contributed by atoms with Crippen molar-refractivity contribution in [3.63, 3.8) is 0 Å². The minimum atomic E-state index is -1.05. The second-order valence-electron chi connectivity index (χ2n) is 7.05. The van der Waals surface area contributed by atoms with Gasteiger partial charge in [0.1, 0.15) is 6.54 Å². The molecule has 0 saturated carbocycles. The molecule has 0 unspecified atom stereocenters. The maximum Gasteiger partial charge on any atom is 0.244 e. The van der Waals surface area contributed by atoms with Crippen molar-refractivity contribution in [2.45, 2.75) is 33.1 Å². The van der Waals surface area contributed by atoms with Crippen LogP contribution in [0.3, 0.4) is 0 Å². The number of amides is 2. The Hall–Kier alpha value is -2.76. The number of hydrogen-bond acceptors (Lipinski definition) is 2. The molecule has 2 rings (SSSR count). The summed E-state index contributed by atoms with van der Waals surface area (Å²) in [5.74, 6) is -2.84. The summed E-state index contributed by atoms with van der Waals surface area (Å²) < 4.78 is 26.3. The first-order valence-electron chi connectivity index (χ1n) is 8.22. The minimum Gasteiger partial charge on any atom is -0.324 e. The fourth-order valence-corrected chi connectivity index (χ4v) is 2.63. The Bertz CT molecular complexity index is 829. The van der Waals surface area contributed by atoms with Crippen LogP contribution >= 0.6 is 0 Å². The van der Waals surface area contributed by atoms with Gasteiger partial charge in [0.25, 0.3) is 0 Å². The van der Waals surface area contributed by atoms with Gasteiger partial charge in [-0.1, -0.05) is 39.0 Å². The highest BCUT2D eigenvalue weighted by molar-refractivity contribution is 6.02. The highest BCUT2D eigenvalue weighted by atomic mass is 19.2. The van der Waals surface area contributed by atoms with Crippen LogP contribution in [0.1, 0.15) is 33.3 Å². The molecule has 0 fully saturated rings. The lowest BCUT2D eigenvalue weighted by molar-refractivity contribution is -0.120. The van der Waals surface area contributed by atoms with Gasteiger partial charge >= 0.3 is 0 Å². The van der Waals surface area contributed by atoms with Gasteiger partial charge in [-0.05, 0) is 29.2 Å². The van der Waals surface area contributed by atoms with Gasteiger partial charge in [-0.15, -0.1) is 0 Å². The summed E-state index contributed by atoms with van der Waals surface area (Å²) in [5.41, 5.74) is 1.48. The zero-order chi connectivity index (χ0) is 19.5. The van der Waals surface area contributed by atoms with Gasteiger partial charge in [-0.25, -0.2) is 8.78 Å². The van der Waals surface area contributed by atoms with E-state index in [1.54, 1.807) is 12.1 Å². The highest BCUT2D eigenvalue weighted by Crippen LogP contribution is 2.32. The average Bonchev–Trinajstić information content (AvgIpc) is 2.55. The lowest BCUT2D eigenvalue weighted by atomic mass is 9.85. The Labute approximate surface area is 151 Å². The third kappa shape index (κ3) is 4.65. The first-order chi connectivity index (χ1) is 12.1. The van der Waals surface area contributed by atoms with Gasteiger partial charge in [0.15, 0.2) is 11.6 Å². The fourth-order valence-electron chi connectivity index (χ4n) is 2.63. The van der Waals surface area contributed by atoms with E-state index in [2.05, 4.69) is 5.32 Å². The number of benzene rings is 2. The molecule has 0 heterocycles. The SMILES string of the molecule is CC(=O)N(CC(=O)Nc1ccc(F)c(F)c1)c1ccccc1C(C)(C)C. The number of carbonyl (C=O) groups excluding carboxylic acids is 2. The highest BCUT2D eigenvalue weighted by Gasteiger charge is 2.24. The van der Waals surface area contributed by atoms with Crippen LogP contribution in [0.15, 0.2) is 42.5 Å². The molecule has 0 aromatic heterocycles. The summed E-state index contributed by atoms with van der Waals surface area (Å²) in [4.78, 5) is 25.9. The molecule has 0 saturated heterocycles. The van der Waals surface area contributed by atoms with Gasteiger partial charge in [0.05, 0.1) is 0 Å². The van der Waals surface area contributed by atoms with Crippen molar-refractivity contribution in [3.05, 3.63) is 59.7 Å². The van der Waals surface area contributed by atoms with E-state index in [9.17, 15) is 18.4 Å². The number of hydrogen-bond donors (Lipinski definition) is 1. The van der Waals surface area contributed by atoms with E-state index in [1.165, 1.54) is 17.9 Å². The van der Waals surface area contributed by atoms with Crippen LogP contribution in [0.25, 0.3) is 0 Å². The monoisotopic (exact) mass is 360 g/mol. The number of nitrogens with one attached hydrogen (secondary N) is 1. The predicted molar refractivity (Wildman–Crippen MR) is 98.2 cm³/mol. The molecular weight excluding hydrogens is 338 g/mol. The molecule has 6 heteroatoms. The molecule has 0 atom stereocenters. The number of carbonyl (C=O) groups is 2. The van der Waals surface area contributed by atoms with Crippen molar-refractivity contribution >= 4 is 23.2 Å². The molecule has 0 aliphatic rings. The van der Waals surface area contributed by atoms with Crippen molar-refractivity contribution in [2.75, 3.05) is 16.8 Å². The number of para-hydroxylation sites is 1. The van der Waals surface area contributed by atoms with E-state index in [1.807, 2.05) is 32.9 Å². The molecule has 138 valence electrons. The van der Waals surface area contributed by atoms with E-state index in [4.69, 9.17) is 0 Å². The molecule has 0 radical (unpaired) electrons. The molecule has 2 amide bonds. The molecule has 0 bridgehead atoms. The number of halogens is 2. The standard InChI is InChI=1S/C20H22F2N2O2/c1-13(25)24(18-8-6-5-7-15(18)20(2,3)4)12-19(26)23-14-9-10-16(21)17(22)11-14/h5-11H,12H2,1-4H3,(H,23,26). The first kappa shape index (κ1) is 19.6. The molecule has 0 aliphatic carbocycles. The summed E-state index contributed by atoms with van der Waals surface area (Å²) in [6, 6.07) is 10.5. The van der Waals surface area contributed by atoms with Crippen molar-refractivity contribution in [1.82, 2.24) is 0 Å². The molecule has 4 nitrogen and oxygen atoms in total. The average molecular weight is 360 g/mol. The van der Waals surface area contributed by atoms with Gasteiger partial charge in [-0.2, -0.15) is 0 Å². The van der Waals surface area contributed by atoms with Gasteiger partial charge in [0.2, 0.25) is 11.8 Å². The minimum absolute atomic E-state index is 0.126. The van der Waals surface area contributed by atoms with E-state index in [0.29, 0.717) is 5.69 Å². The van der Waals surface area contributed by atoms with Crippen molar-refractivity contribution in [1.29, 1.82) is 0 Å². The van der Waals surface area contributed by atoms with Crippen LogP contribution < -0.4 is 10.2 Å². The Morgan fingerprint density at radius 1 is 1.04 bits per heavy atom. The van der Waals surface area contributed by atoms with Crippen LogP contribution in [0.5, 0.6) is 0 Å². The van der Waals surface area contributed by atoms with Gasteiger partial charge < -0.3 is 10.2 Å². The Balaban J connectivity index is 2.25. The quantitative estimate of drug-likeness (QED) is 0.886. The maximum atomic E-state index is 13.3. The maximum absolute atomic E-state index is 13.3. The van der Waals surface area contributed by atoms with Crippen molar-refractivity contribution in [3.8, 4) is 0 Å². The molecule has 2 aromatic rings. The van der Waals surface area contributed by atoms with E-state index in [-0.39, 0.29) is 23.6 Å². The summed E-state index contributed by atoms with van der Waals surface area (Å²) in [6.45, 7) is 7.20. The lowest BCUT2D eigenvalue weighted by Crippen LogP contribution is -2.38. The molecule has 2 aromatic carbocycles. The second-order valence-corrected chi connectivity index (χ2v) is 7.05. The predicted octanol–water partition coefficient (Wildman–Crippen LogP) is 4.25. The molecule has 1 N–H and O–H groups in total. The number of nitrogens with zero attached hydrogens (tertiary/aromatic N) is 1. The van der Waals surface area contributed by atoms with Crippen LogP contribution in [-0.2, 0) is 15.0 Å². The molecule has 26 heavy (non-hydrogen) atoms. The Morgan fingerprint density at radius 2 is 1.69 bits per heavy atom. The molecule has 0 aliphatic heterocycles. The third-order valence-corrected chi connectivity index (χ3v) is 3.89. The summed E-state index contributed by atoms with van der Waals surface area (Å²) in [7, 11) is 0. The van der Waals surface area contributed by atoms with Gasteiger partial charge in [0, 0.05) is 24.4 Å². The van der Waals surface area contributed by atoms with E-state index >= 15 is 0 Å². The first-order valence-corrected chi connectivity index (χ1v) is 8.22. The summed E-state index contributed by atoms with van der Waals surface area (Å²) in [5, 5.41) is 2.48. The summed E-state index contributed by atoms with van der Waals surface area (Å²) >= 11 is 0. The second kappa shape index (κ2) is 7.64. The largest absolute Gasteiger partial charge is 0.324 e. The van der Waals surface area contributed by atoms with E-state index in [0.717, 1.165) is 17.7 Å². The summed E-state index contributed by atoms with van der Waals surface area (Å²) in [6.07, 6.45) is 0. The van der Waals surface area contributed by atoms with E-state index < -0.39 is 17.5 Å². The molecule has 0 spiro atoms. The zero-order valence-electron chi connectivity index (χ0n) is 15.3.